The molecule has 26 heavy (non-hydrogen) atoms. The van der Waals surface area contributed by atoms with Gasteiger partial charge in [-0.2, -0.15) is 5.10 Å². The van der Waals surface area contributed by atoms with Gasteiger partial charge in [0.25, 0.3) is 5.91 Å². The average molecular weight is 352 g/mol. The summed E-state index contributed by atoms with van der Waals surface area (Å²) in [5.41, 5.74) is 5.09. The quantitative estimate of drug-likeness (QED) is 0.641. The van der Waals surface area contributed by atoms with E-state index in [1.807, 2.05) is 18.2 Å². The van der Waals surface area contributed by atoms with Gasteiger partial charge in [-0.15, -0.1) is 0 Å². The monoisotopic (exact) mass is 352 g/mol. The third-order valence-electron chi connectivity index (χ3n) is 4.62. The van der Waals surface area contributed by atoms with Gasteiger partial charge in [0.2, 0.25) is 0 Å². The van der Waals surface area contributed by atoms with E-state index in [2.05, 4.69) is 20.4 Å². The molecule has 1 aromatic heterocycles. The summed E-state index contributed by atoms with van der Waals surface area (Å²) in [5, 5.41) is 14.8. The minimum absolute atomic E-state index is 0.234. The molecule has 2 N–H and O–H groups in total. The molecule has 0 unspecified atom stereocenters. The fourth-order valence-electron chi connectivity index (χ4n) is 3.13. The minimum atomic E-state index is -0.310. The number of para-hydroxylation sites is 1. The highest BCUT2D eigenvalue weighted by atomic mass is 16.3. The molecule has 3 rings (SSSR count). The van der Waals surface area contributed by atoms with Crippen molar-refractivity contribution in [3.05, 3.63) is 59.4 Å². The highest BCUT2D eigenvalue weighted by Crippen LogP contribution is 2.25. The molecule has 0 saturated carbocycles. The van der Waals surface area contributed by atoms with Crippen molar-refractivity contribution in [3.63, 3.8) is 0 Å². The van der Waals surface area contributed by atoms with Gasteiger partial charge >= 0.3 is 0 Å². The number of phenols is 1. The molecule has 1 aliphatic heterocycles. The first-order valence-electron chi connectivity index (χ1n) is 8.93. The van der Waals surface area contributed by atoms with Crippen molar-refractivity contribution >= 4 is 11.6 Å². The smallest absolute Gasteiger partial charge is 0.271 e. The van der Waals surface area contributed by atoms with Gasteiger partial charge in [0, 0.05) is 35.6 Å². The van der Waals surface area contributed by atoms with Gasteiger partial charge in [0.1, 0.15) is 5.75 Å². The largest absolute Gasteiger partial charge is 0.507 e. The Labute approximate surface area is 153 Å². The summed E-state index contributed by atoms with van der Waals surface area (Å²) in [5.74, 6) is -0.0757. The minimum Gasteiger partial charge on any atom is -0.507 e. The number of hydrazone groups is 1. The Bertz CT molecular complexity index is 784. The van der Waals surface area contributed by atoms with E-state index >= 15 is 0 Å². The van der Waals surface area contributed by atoms with Gasteiger partial charge in [0.15, 0.2) is 0 Å². The van der Waals surface area contributed by atoms with Crippen LogP contribution in [0.4, 0.5) is 0 Å². The standard InChI is InChI=1S/C20H24N4O2/c1-15(22-23-20(26)16-8-10-21-11-9-16)18-7-5-6-17(19(18)25)14-24-12-3-2-4-13-24/h5-11,25H,2-4,12-14H2,1H3,(H,23,26)/b22-15-. The Morgan fingerprint density at radius 1 is 1.19 bits per heavy atom. The summed E-state index contributed by atoms with van der Waals surface area (Å²) in [6, 6.07) is 8.91. The van der Waals surface area contributed by atoms with E-state index in [4.69, 9.17) is 0 Å². The summed E-state index contributed by atoms with van der Waals surface area (Å²) >= 11 is 0. The van der Waals surface area contributed by atoms with E-state index in [1.54, 1.807) is 31.5 Å². The summed E-state index contributed by atoms with van der Waals surface area (Å²) < 4.78 is 0. The molecule has 1 fully saturated rings. The van der Waals surface area contributed by atoms with Crippen LogP contribution in [0.2, 0.25) is 0 Å². The van der Waals surface area contributed by atoms with Crippen molar-refractivity contribution < 1.29 is 9.90 Å². The number of hydrogen-bond acceptors (Lipinski definition) is 5. The molecule has 0 radical (unpaired) electrons. The molecule has 0 bridgehead atoms. The lowest BCUT2D eigenvalue weighted by Gasteiger charge is -2.26. The van der Waals surface area contributed by atoms with Crippen LogP contribution in [0, 0.1) is 0 Å². The molecule has 0 aliphatic carbocycles. The molecule has 6 nitrogen and oxygen atoms in total. The number of rotatable bonds is 5. The summed E-state index contributed by atoms with van der Waals surface area (Å²) in [7, 11) is 0. The lowest BCUT2D eigenvalue weighted by atomic mass is 10.0. The third kappa shape index (κ3) is 4.46. The van der Waals surface area contributed by atoms with Crippen molar-refractivity contribution in [1.29, 1.82) is 0 Å². The summed E-state index contributed by atoms with van der Waals surface area (Å²) in [6.45, 7) is 4.64. The van der Waals surface area contributed by atoms with Crippen LogP contribution in [-0.4, -0.2) is 39.7 Å². The van der Waals surface area contributed by atoms with Crippen LogP contribution in [0.3, 0.4) is 0 Å². The van der Waals surface area contributed by atoms with Gasteiger partial charge in [-0.05, 0) is 51.1 Å². The Balaban J connectivity index is 1.71. The number of nitrogens with one attached hydrogen (secondary N) is 1. The fraction of sp³-hybridized carbons (Fsp3) is 0.350. The van der Waals surface area contributed by atoms with Gasteiger partial charge in [-0.25, -0.2) is 5.43 Å². The molecule has 0 atom stereocenters. The third-order valence-corrected chi connectivity index (χ3v) is 4.62. The zero-order valence-electron chi connectivity index (χ0n) is 15.0. The molecule has 1 saturated heterocycles. The normalized spacial score (nSPS) is 15.7. The van der Waals surface area contributed by atoms with Crippen LogP contribution in [0.1, 0.15) is 47.7 Å². The number of phenolic OH excluding ortho intramolecular Hbond substituents is 1. The molecule has 2 aromatic rings. The number of carbonyl (C=O) groups excluding carboxylic acids is 1. The number of amides is 1. The zero-order valence-corrected chi connectivity index (χ0v) is 15.0. The van der Waals surface area contributed by atoms with Gasteiger partial charge in [-0.3, -0.25) is 14.7 Å². The van der Waals surface area contributed by atoms with Crippen molar-refractivity contribution in [3.8, 4) is 5.75 Å². The van der Waals surface area contributed by atoms with Crippen LogP contribution in [0.15, 0.2) is 47.8 Å². The first kappa shape index (κ1) is 18.1. The Morgan fingerprint density at radius 3 is 2.65 bits per heavy atom. The molecule has 0 spiro atoms. The highest BCUT2D eigenvalue weighted by Gasteiger charge is 2.15. The van der Waals surface area contributed by atoms with E-state index in [-0.39, 0.29) is 11.7 Å². The molecular weight excluding hydrogens is 328 g/mol. The number of likely N-dealkylation sites (tertiary alicyclic amines) is 1. The lowest BCUT2D eigenvalue weighted by molar-refractivity contribution is 0.0954. The van der Waals surface area contributed by atoms with E-state index < -0.39 is 0 Å². The maximum atomic E-state index is 12.1. The van der Waals surface area contributed by atoms with Crippen molar-refractivity contribution in [1.82, 2.24) is 15.3 Å². The van der Waals surface area contributed by atoms with Crippen LogP contribution in [-0.2, 0) is 6.54 Å². The maximum Gasteiger partial charge on any atom is 0.271 e. The van der Waals surface area contributed by atoms with Gasteiger partial charge in [-0.1, -0.05) is 18.6 Å². The molecule has 6 heteroatoms. The Kier molecular flexibility index (Phi) is 5.96. The lowest BCUT2D eigenvalue weighted by Crippen LogP contribution is -2.29. The maximum absolute atomic E-state index is 12.1. The van der Waals surface area contributed by atoms with Gasteiger partial charge < -0.3 is 5.11 Å². The van der Waals surface area contributed by atoms with E-state index in [0.717, 1.165) is 25.2 Å². The number of aromatic nitrogens is 1. The number of carbonyl (C=O) groups is 1. The summed E-state index contributed by atoms with van der Waals surface area (Å²) in [4.78, 5) is 18.3. The molecule has 2 heterocycles. The molecule has 136 valence electrons. The number of hydrogen-bond donors (Lipinski definition) is 2. The average Bonchev–Trinajstić information content (AvgIpc) is 2.69. The van der Waals surface area contributed by atoms with Crippen molar-refractivity contribution in [2.45, 2.75) is 32.7 Å². The fourth-order valence-corrected chi connectivity index (χ4v) is 3.13. The molecule has 1 aliphatic rings. The van der Waals surface area contributed by atoms with Crippen LogP contribution in [0.25, 0.3) is 0 Å². The van der Waals surface area contributed by atoms with Gasteiger partial charge in [0.05, 0.1) is 5.71 Å². The summed E-state index contributed by atoms with van der Waals surface area (Å²) in [6.07, 6.45) is 6.82. The number of nitrogens with zero attached hydrogens (tertiary/aromatic N) is 3. The first-order valence-corrected chi connectivity index (χ1v) is 8.93. The second kappa shape index (κ2) is 8.58. The topological polar surface area (TPSA) is 77.8 Å². The highest BCUT2D eigenvalue weighted by molar-refractivity contribution is 6.02. The Hall–Kier alpha value is -2.73. The SMILES string of the molecule is C/C(=N/NC(=O)c1ccncc1)c1cccc(CN2CCCCC2)c1O. The first-order chi connectivity index (χ1) is 12.6. The van der Waals surface area contributed by atoms with Crippen molar-refractivity contribution in [2.24, 2.45) is 5.10 Å². The van der Waals surface area contributed by atoms with Crippen LogP contribution < -0.4 is 5.43 Å². The molecule has 1 amide bonds. The second-order valence-corrected chi connectivity index (χ2v) is 6.52. The van der Waals surface area contributed by atoms with Crippen molar-refractivity contribution in [2.75, 3.05) is 13.1 Å². The van der Waals surface area contributed by atoms with E-state index in [1.165, 1.54) is 19.3 Å². The number of pyridine rings is 1. The van der Waals surface area contributed by atoms with E-state index in [9.17, 15) is 9.90 Å². The molecule has 1 aromatic carbocycles. The number of benzene rings is 1. The van der Waals surface area contributed by atoms with E-state index in [0.29, 0.717) is 16.8 Å². The number of aromatic hydroxyl groups is 1. The Morgan fingerprint density at radius 2 is 1.92 bits per heavy atom. The predicted octanol–water partition coefficient (Wildman–Crippen LogP) is 2.93. The predicted molar refractivity (Wildman–Crippen MR) is 101 cm³/mol. The van der Waals surface area contributed by atoms with Crippen LogP contribution in [0.5, 0.6) is 5.75 Å². The number of piperidine rings is 1. The molecular formula is C20H24N4O2. The second-order valence-electron chi connectivity index (χ2n) is 6.52. The van der Waals surface area contributed by atoms with Crippen LogP contribution >= 0.6 is 0 Å². The zero-order chi connectivity index (χ0) is 18.4.